The molecule has 0 bridgehead atoms. The Kier molecular flexibility index (Phi) is 5.19. The molecule has 0 saturated carbocycles. The van der Waals surface area contributed by atoms with E-state index in [9.17, 15) is 14.7 Å². The fraction of sp³-hybridized carbons (Fsp3) is 0.875. The molecule has 2 amide bonds. The first-order valence-electron chi connectivity index (χ1n) is 7.87. The van der Waals surface area contributed by atoms with Crippen LogP contribution in [0.2, 0.25) is 18.1 Å². The molecule has 22 heavy (non-hydrogen) atoms. The number of hydrogen-bond acceptors (Lipinski definition) is 3. The Morgan fingerprint density at radius 1 is 1.27 bits per heavy atom. The first-order chi connectivity index (χ1) is 9.68. The van der Waals surface area contributed by atoms with Crippen LogP contribution in [0.15, 0.2) is 0 Å². The van der Waals surface area contributed by atoms with Crippen molar-refractivity contribution in [1.29, 1.82) is 0 Å². The van der Waals surface area contributed by atoms with Crippen LogP contribution in [-0.2, 0) is 9.22 Å². The zero-order valence-electron chi connectivity index (χ0n) is 15.2. The predicted octanol–water partition coefficient (Wildman–Crippen LogP) is 3.95. The van der Waals surface area contributed by atoms with E-state index < -0.39 is 14.4 Å². The summed E-state index contributed by atoms with van der Waals surface area (Å²) >= 11 is 0. The normalized spacial score (nSPS) is 24.0. The van der Waals surface area contributed by atoms with Crippen molar-refractivity contribution in [2.24, 2.45) is 11.3 Å². The summed E-state index contributed by atoms with van der Waals surface area (Å²) in [4.78, 5) is 24.6. The van der Waals surface area contributed by atoms with Crippen molar-refractivity contribution in [2.75, 3.05) is 6.61 Å². The highest BCUT2D eigenvalue weighted by Gasteiger charge is 2.49. The third-order valence-corrected chi connectivity index (χ3v) is 9.70. The molecule has 1 saturated heterocycles. The molecule has 1 N–H and O–H groups in total. The Bertz CT molecular complexity index is 448. The van der Waals surface area contributed by atoms with Gasteiger partial charge in [-0.15, -0.1) is 0 Å². The number of carbonyl (C=O) groups excluding carboxylic acids is 1. The minimum absolute atomic E-state index is 0.0131. The molecule has 0 aliphatic carbocycles. The van der Waals surface area contributed by atoms with Crippen LogP contribution in [0.5, 0.6) is 0 Å². The van der Waals surface area contributed by atoms with E-state index in [-0.39, 0.29) is 34.7 Å². The first-order valence-corrected chi connectivity index (χ1v) is 10.8. The fourth-order valence-corrected chi connectivity index (χ4v) is 3.64. The molecule has 0 aromatic heterocycles. The highest BCUT2D eigenvalue weighted by molar-refractivity contribution is 6.74. The number of imide groups is 1. The van der Waals surface area contributed by atoms with Crippen LogP contribution in [0.4, 0.5) is 4.79 Å². The number of likely N-dealkylation sites (tertiary alicyclic amines) is 1. The second kappa shape index (κ2) is 5.96. The number of nitrogens with zero attached hydrogens (tertiary/aromatic N) is 1. The molecule has 0 spiro atoms. The lowest BCUT2D eigenvalue weighted by Crippen LogP contribution is -2.49. The van der Waals surface area contributed by atoms with Crippen molar-refractivity contribution in [2.45, 2.75) is 72.1 Å². The average molecular weight is 330 g/mol. The van der Waals surface area contributed by atoms with E-state index in [1.807, 2.05) is 0 Å². The topological polar surface area (TPSA) is 66.8 Å². The van der Waals surface area contributed by atoms with E-state index in [0.717, 1.165) is 4.90 Å². The van der Waals surface area contributed by atoms with Crippen LogP contribution in [0.1, 0.15) is 48.0 Å². The number of amides is 2. The maximum absolute atomic E-state index is 12.1. The van der Waals surface area contributed by atoms with Crippen molar-refractivity contribution in [3.8, 4) is 0 Å². The lowest BCUT2D eigenvalue weighted by molar-refractivity contribution is -0.127. The van der Waals surface area contributed by atoms with Crippen LogP contribution in [0, 0.1) is 11.3 Å². The Morgan fingerprint density at radius 3 is 2.14 bits per heavy atom. The van der Waals surface area contributed by atoms with Gasteiger partial charge in [0.15, 0.2) is 8.32 Å². The zero-order chi connectivity index (χ0) is 17.5. The van der Waals surface area contributed by atoms with Gasteiger partial charge in [0.2, 0.25) is 5.91 Å². The van der Waals surface area contributed by atoms with Crippen LogP contribution < -0.4 is 0 Å². The molecule has 2 unspecified atom stereocenters. The van der Waals surface area contributed by atoms with E-state index in [0.29, 0.717) is 6.61 Å². The highest BCUT2D eigenvalue weighted by Crippen LogP contribution is 2.41. The van der Waals surface area contributed by atoms with Gasteiger partial charge in [0.05, 0.1) is 12.6 Å². The monoisotopic (exact) mass is 329 g/mol. The summed E-state index contributed by atoms with van der Waals surface area (Å²) in [7, 11) is -1.98. The quantitative estimate of drug-likeness (QED) is 0.796. The van der Waals surface area contributed by atoms with Crippen LogP contribution >= 0.6 is 0 Å². The fourth-order valence-electron chi connectivity index (χ4n) is 2.62. The van der Waals surface area contributed by atoms with Gasteiger partial charge in [-0.3, -0.25) is 4.79 Å². The van der Waals surface area contributed by atoms with Gasteiger partial charge in [0.25, 0.3) is 0 Å². The maximum Gasteiger partial charge on any atom is 0.414 e. The summed E-state index contributed by atoms with van der Waals surface area (Å²) < 4.78 is 6.21. The number of carboxylic acid groups (broad SMARTS) is 1. The van der Waals surface area contributed by atoms with Gasteiger partial charge in [-0.05, 0) is 29.5 Å². The molecule has 0 radical (unpaired) electrons. The van der Waals surface area contributed by atoms with Gasteiger partial charge in [-0.25, -0.2) is 9.69 Å². The lowest BCUT2D eigenvalue weighted by Gasteiger charge is -2.39. The molecule has 2 atom stereocenters. The van der Waals surface area contributed by atoms with E-state index in [1.165, 1.54) is 0 Å². The first kappa shape index (κ1) is 19.2. The summed E-state index contributed by atoms with van der Waals surface area (Å²) in [6.07, 6.45) is -0.887. The minimum Gasteiger partial charge on any atom is -0.465 e. The Labute approximate surface area is 135 Å². The third kappa shape index (κ3) is 3.90. The summed E-state index contributed by atoms with van der Waals surface area (Å²) in [6, 6.07) is -0.390. The molecule has 1 fully saturated rings. The van der Waals surface area contributed by atoms with Crippen molar-refractivity contribution in [3.05, 3.63) is 0 Å². The number of hydrogen-bond donors (Lipinski definition) is 1. The molecule has 1 aliphatic heterocycles. The molecule has 0 aromatic rings. The Morgan fingerprint density at radius 2 is 1.77 bits per heavy atom. The molecule has 1 heterocycles. The van der Waals surface area contributed by atoms with E-state index in [4.69, 9.17) is 4.43 Å². The molecule has 5 nitrogen and oxygen atoms in total. The molecular formula is C16H31NO4Si. The van der Waals surface area contributed by atoms with Gasteiger partial charge in [-0.1, -0.05) is 41.5 Å². The summed E-state index contributed by atoms with van der Waals surface area (Å²) in [5.41, 5.74) is -0.138. The molecule has 1 aliphatic rings. The predicted molar refractivity (Wildman–Crippen MR) is 89.4 cm³/mol. The zero-order valence-corrected chi connectivity index (χ0v) is 16.2. The smallest absolute Gasteiger partial charge is 0.414 e. The summed E-state index contributed by atoms with van der Waals surface area (Å²) in [6.45, 7) is 17.2. The van der Waals surface area contributed by atoms with Crippen molar-refractivity contribution in [1.82, 2.24) is 4.90 Å². The Balaban J connectivity index is 3.00. The SMILES string of the molecule is CC(C)(C)C1CC(=O)N(C(=O)O)C1CO[Si](C)(C)C(C)(C)C. The summed E-state index contributed by atoms with van der Waals surface area (Å²) in [5, 5.41) is 9.44. The van der Waals surface area contributed by atoms with Crippen LogP contribution in [-0.4, -0.2) is 43.0 Å². The van der Waals surface area contributed by atoms with E-state index >= 15 is 0 Å². The standard InChI is InChI=1S/C16H31NO4Si/c1-15(2,3)11-9-13(18)17(14(19)20)12(11)10-21-22(7,8)16(4,5)6/h11-12H,9-10H2,1-8H3,(H,19,20). The van der Waals surface area contributed by atoms with Crippen molar-refractivity contribution >= 4 is 20.3 Å². The largest absolute Gasteiger partial charge is 0.465 e. The molecular weight excluding hydrogens is 298 g/mol. The Hall–Kier alpha value is -0.883. The van der Waals surface area contributed by atoms with Gasteiger partial charge in [-0.2, -0.15) is 0 Å². The average Bonchev–Trinajstić information content (AvgIpc) is 2.61. The van der Waals surface area contributed by atoms with Crippen molar-refractivity contribution < 1.29 is 19.1 Å². The molecule has 1 rings (SSSR count). The van der Waals surface area contributed by atoms with E-state index in [2.05, 4.69) is 54.6 Å². The third-order valence-electron chi connectivity index (χ3n) is 5.20. The lowest BCUT2D eigenvalue weighted by atomic mass is 9.76. The van der Waals surface area contributed by atoms with E-state index in [1.54, 1.807) is 0 Å². The molecule has 6 heteroatoms. The van der Waals surface area contributed by atoms with Gasteiger partial charge in [0, 0.05) is 6.42 Å². The second-order valence-electron chi connectivity index (χ2n) is 8.86. The van der Waals surface area contributed by atoms with Gasteiger partial charge < -0.3 is 9.53 Å². The van der Waals surface area contributed by atoms with Gasteiger partial charge >= 0.3 is 6.09 Å². The molecule has 128 valence electrons. The van der Waals surface area contributed by atoms with Crippen LogP contribution in [0.25, 0.3) is 0 Å². The maximum atomic E-state index is 12.1. The van der Waals surface area contributed by atoms with Crippen LogP contribution in [0.3, 0.4) is 0 Å². The highest BCUT2D eigenvalue weighted by atomic mass is 28.4. The second-order valence-corrected chi connectivity index (χ2v) is 13.7. The number of rotatable bonds is 3. The minimum atomic E-state index is -1.98. The van der Waals surface area contributed by atoms with Gasteiger partial charge in [0.1, 0.15) is 0 Å². The van der Waals surface area contributed by atoms with Crippen molar-refractivity contribution in [3.63, 3.8) is 0 Å². The summed E-state index contributed by atoms with van der Waals surface area (Å²) in [5.74, 6) is -0.322. The number of carbonyl (C=O) groups is 2. The molecule has 0 aromatic carbocycles.